The predicted octanol–water partition coefficient (Wildman–Crippen LogP) is 3.05. The molecule has 1 unspecified atom stereocenters. The second kappa shape index (κ2) is 7.76. The molecule has 0 aliphatic carbocycles. The van der Waals surface area contributed by atoms with E-state index in [2.05, 4.69) is 31.0 Å². The second-order valence-corrected chi connectivity index (χ2v) is 8.34. The summed E-state index contributed by atoms with van der Waals surface area (Å²) < 4.78 is 5.34. The number of ether oxygens (including phenoxy) is 1. The molecule has 7 heteroatoms. The number of nitrogens with zero attached hydrogens (tertiary/aromatic N) is 3. The van der Waals surface area contributed by atoms with Crippen molar-refractivity contribution < 1.29 is 14.3 Å². The molecule has 0 bridgehead atoms. The smallest absolute Gasteiger partial charge is 0.251 e. The number of carbonyl (C=O) groups excluding carboxylic acids is 2. The Hall–Kier alpha value is -2.44. The quantitative estimate of drug-likeness (QED) is 0.772. The lowest BCUT2D eigenvalue weighted by Crippen LogP contribution is -2.65. The Morgan fingerprint density at radius 3 is 2.48 bits per heavy atom. The standard InChI is InChI=1S/C22H24ClN3O3/c1-13-4-5-16(6-14(13)2)9-25-19(27)10-26(21-15(3)7-18(23)8-24-21)22(28)20(25)17-11-29-12-17/h4-8,17,20H,9-12H2,1-3H3. The van der Waals surface area contributed by atoms with Crippen molar-refractivity contribution in [3.05, 3.63) is 57.7 Å². The summed E-state index contributed by atoms with van der Waals surface area (Å²) in [4.78, 5) is 34.1. The Morgan fingerprint density at radius 2 is 1.86 bits per heavy atom. The summed E-state index contributed by atoms with van der Waals surface area (Å²) in [5, 5.41) is 0.502. The van der Waals surface area contributed by atoms with Crippen LogP contribution in [0.5, 0.6) is 0 Å². The topological polar surface area (TPSA) is 62.7 Å². The van der Waals surface area contributed by atoms with Crippen molar-refractivity contribution in [1.29, 1.82) is 0 Å². The molecule has 1 aromatic carbocycles. The first kappa shape index (κ1) is 19.9. The van der Waals surface area contributed by atoms with Gasteiger partial charge in [-0.3, -0.25) is 14.5 Å². The maximum absolute atomic E-state index is 13.5. The molecular formula is C22H24ClN3O3. The number of hydrogen-bond donors (Lipinski definition) is 0. The summed E-state index contributed by atoms with van der Waals surface area (Å²) in [7, 11) is 0. The molecule has 2 aromatic rings. The van der Waals surface area contributed by atoms with E-state index >= 15 is 0 Å². The van der Waals surface area contributed by atoms with E-state index in [9.17, 15) is 9.59 Å². The minimum atomic E-state index is -0.552. The lowest BCUT2D eigenvalue weighted by Gasteiger charge is -2.45. The molecule has 3 heterocycles. The van der Waals surface area contributed by atoms with Crippen molar-refractivity contribution in [3.63, 3.8) is 0 Å². The van der Waals surface area contributed by atoms with Gasteiger partial charge in [-0.05, 0) is 49.1 Å². The van der Waals surface area contributed by atoms with Crippen LogP contribution in [-0.2, 0) is 20.9 Å². The van der Waals surface area contributed by atoms with Gasteiger partial charge in [-0.2, -0.15) is 0 Å². The van der Waals surface area contributed by atoms with E-state index in [1.165, 1.54) is 22.2 Å². The Labute approximate surface area is 175 Å². The number of hydrogen-bond acceptors (Lipinski definition) is 4. The fourth-order valence-corrected chi connectivity index (χ4v) is 4.14. The van der Waals surface area contributed by atoms with E-state index in [1.54, 1.807) is 11.0 Å². The van der Waals surface area contributed by atoms with Gasteiger partial charge in [0.25, 0.3) is 5.91 Å². The summed E-state index contributed by atoms with van der Waals surface area (Å²) >= 11 is 6.01. The van der Waals surface area contributed by atoms with Crippen LogP contribution >= 0.6 is 11.6 Å². The molecule has 2 aliphatic heterocycles. The first-order valence-corrected chi connectivity index (χ1v) is 10.1. The minimum absolute atomic E-state index is 0.00611. The minimum Gasteiger partial charge on any atom is -0.380 e. The van der Waals surface area contributed by atoms with Crippen LogP contribution < -0.4 is 4.90 Å². The van der Waals surface area contributed by atoms with E-state index < -0.39 is 6.04 Å². The number of benzene rings is 1. The average Bonchev–Trinajstić information content (AvgIpc) is 2.62. The van der Waals surface area contributed by atoms with Gasteiger partial charge < -0.3 is 9.64 Å². The van der Waals surface area contributed by atoms with Crippen LogP contribution in [0.2, 0.25) is 5.02 Å². The van der Waals surface area contributed by atoms with Gasteiger partial charge in [0.1, 0.15) is 18.4 Å². The Balaban J connectivity index is 1.66. The molecular weight excluding hydrogens is 390 g/mol. The Bertz CT molecular complexity index is 974. The zero-order valence-electron chi connectivity index (χ0n) is 16.8. The molecule has 0 radical (unpaired) electrons. The summed E-state index contributed by atoms with van der Waals surface area (Å²) in [6, 6.07) is 7.36. The van der Waals surface area contributed by atoms with E-state index in [4.69, 9.17) is 16.3 Å². The number of anilines is 1. The molecule has 2 amide bonds. The third-order valence-corrected chi connectivity index (χ3v) is 5.98. The van der Waals surface area contributed by atoms with Crippen molar-refractivity contribution >= 4 is 29.2 Å². The molecule has 0 N–H and O–H groups in total. The largest absolute Gasteiger partial charge is 0.380 e. The van der Waals surface area contributed by atoms with Crippen molar-refractivity contribution in [2.24, 2.45) is 5.92 Å². The Morgan fingerprint density at radius 1 is 1.10 bits per heavy atom. The van der Waals surface area contributed by atoms with Gasteiger partial charge in [0.05, 0.1) is 18.2 Å². The third-order valence-electron chi connectivity index (χ3n) is 5.78. The Kier molecular flexibility index (Phi) is 5.32. The van der Waals surface area contributed by atoms with Gasteiger partial charge in [0, 0.05) is 18.7 Å². The number of amides is 2. The fraction of sp³-hybridized carbons (Fsp3) is 0.409. The van der Waals surface area contributed by atoms with Gasteiger partial charge in [0.2, 0.25) is 5.91 Å². The highest BCUT2D eigenvalue weighted by atomic mass is 35.5. The lowest BCUT2D eigenvalue weighted by atomic mass is 9.92. The van der Waals surface area contributed by atoms with Gasteiger partial charge in [-0.25, -0.2) is 4.98 Å². The van der Waals surface area contributed by atoms with Gasteiger partial charge >= 0.3 is 0 Å². The molecule has 0 saturated carbocycles. The van der Waals surface area contributed by atoms with Crippen molar-refractivity contribution in [2.75, 3.05) is 24.7 Å². The van der Waals surface area contributed by atoms with Crippen molar-refractivity contribution in [2.45, 2.75) is 33.4 Å². The summed E-state index contributed by atoms with van der Waals surface area (Å²) in [6.07, 6.45) is 1.50. The number of rotatable bonds is 4. The summed E-state index contributed by atoms with van der Waals surface area (Å²) in [5.41, 5.74) is 4.16. The molecule has 6 nitrogen and oxygen atoms in total. The first-order chi connectivity index (χ1) is 13.8. The molecule has 0 spiro atoms. The van der Waals surface area contributed by atoms with Crippen LogP contribution in [0, 0.1) is 26.7 Å². The van der Waals surface area contributed by atoms with Crippen LogP contribution in [0.4, 0.5) is 5.82 Å². The monoisotopic (exact) mass is 413 g/mol. The summed E-state index contributed by atoms with van der Waals surface area (Å²) in [5.74, 6) is 0.285. The predicted molar refractivity (Wildman–Crippen MR) is 111 cm³/mol. The number of carbonyl (C=O) groups is 2. The maximum Gasteiger partial charge on any atom is 0.251 e. The molecule has 2 aliphatic rings. The van der Waals surface area contributed by atoms with Gasteiger partial charge in [-0.1, -0.05) is 29.8 Å². The number of pyridine rings is 1. The number of aromatic nitrogens is 1. The summed E-state index contributed by atoms with van der Waals surface area (Å²) in [6.45, 7) is 7.30. The van der Waals surface area contributed by atoms with Gasteiger partial charge in [-0.15, -0.1) is 0 Å². The van der Waals surface area contributed by atoms with Crippen LogP contribution in [0.3, 0.4) is 0 Å². The normalized spacial score (nSPS) is 20.2. The average molecular weight is 414 g/mol. The molecule has 1 aromatic heterocycles. The van der Waals surface area contributed by atoms with Crippen LogP contribution in [0.1, 0.15) is 22.3 Å². The van der Waals surface area contributed by atoms with E-state index in [0.29, 0.717) is 30.6 Å². The van der Waals surface area contributed by atoms with Gasteiger partial charge in [0.15, 0.2) is 0 Å². The zero-order chi connectivity index (χ0) is 20.7. The molecule has 2 fully saturated rings. The number of halogens is 1. The lowest BCUT2D eigenvalue weighted by molar-refractivity contribution is -0.155. The van der Waals surface area contributed by atoms with Crippen LogP contribution in [0.15, 0.2) is 30.5 Å². The number of piperazine rings is 1. The van der Waals surface area contributed by atoms with E-state index in [0.717, 1.165) is 11.1 Å². The third kappa shape index (κ3) is 3.74. The van der Waals surface area contributed by atoms with Crippen molar-refractivity contribution in [1.82, 2.24) is 9.88 Å². The highest BCUT2D eigenvalue weighted by molar-refractivity contribution is 6.30. The van der Waals surface area contributed by atoms with Crippen LogP contribution in [0.25, 0.3) is 0 Å². The fourth-order valence-electron chi connectivity index (χ4n) is 3.92. The highest BCUT2D eigenvalue weighted by Crippen LogP contribution is 2.31. The number of aryl methyl sites for hydroxylation is 3. The van der Waals surface area contributed by atoms with Crippen molar-refractivity contribution in [3.8, 4) is 0 Å². The maximum atomic E-state index is 13.5. The molecule has 152 valence electrons. The molecule has 29 heavy (non-hydrogen) atoms. The van der Waals surface area contributed by atoms with E-state index in [-0.39, 0.29) is 24.3 Å². The zero-order valence-corrected chi connectivity index (χ0v) is 17.6. The first-order valence-electron chi connectivity index (χ1n) is 9.72. The van der Waals surface area contributed by atoms with E-state index in [1.807, 2.05) is 13.0 Å². The highest BCUT2D eigenvalue weighted by Gasteiger charge is 2.47. The molecule has 1 atom stereocenters. The SMILES string of the molecule is Cc1ccc(CN2C(=O)CN(c3ncc(Cl)cc3C)C(=O)C2C2COC2)cc1C. The second-order valence-electron chi connectivity index (χ2n) is 7.90. The molecule has 4 rings (SSSR count). The molecule has 2 saturated heterocycles. The van der Waals surface area contributed by atoms with Crippen LogP contribution in [-0.4, -0.2) is 47.5 Å².